The molecule has 6 heteroatoms. The minimum Gasteiger partial charge on any atom is -0.486 e. The van der Waals surface area contributed by atoms with Crippen LogP contribution in [0, 0.1) is 5.92 Å². The van der Waals surface area contributed by atoms with Crippen molar-refractivity contribution in [2.75, 3.05) is 13.1 Å². The van der Waals surface area contributed by atoms with E-state index in [-0.39, 0.29) is 12.1 Å². The summed E-state index contributed by atoms with van der Waals surface area (Å²) in [5, 5.41) is 2.99. The van der Waals surface area contributed by atoms with E-state index in [1.54, 1.807) is 0 Å². The van der Waals surface area contributed by atoms with Crippen molar-refractivity contribution in [1.29, 1.82) is 0 Å². The van der Waals surface area contributed by atoms with Crippen molar-refractivity contribution in [2.45, 2.75) is 45.9 Å². The molecule has 2 heterocycles. The van der Waals surface area contributed by atoms with Crippen LogP contribution in [0.1, 0.15) is 32.5 Å². The first-order valence-corrected chi connectivity index (χ1v) is 10.8. The Bertz CT molecular complexity index is 975. The number of hydrogen-bond donors (Lipinski definition) is 1. The number of rotatable bonds is 6. The second kappa shape index (κ2) is 9.20. The van der Waals surface area contributed by atoms with E-state index >= 15 is 0 Å². The van der Waals surface area contributed by atoms with E-state index in [1.807, 2.05) is 55.1 Å². The minimum atomic E-state index is 0.0495. The molecule has 1 aromatic heterocycles. The number of nitrogens with one attached hydrogen (secondary N) is 1. The number of benzene rings is 2. The van der Waals surface area contributed by atoms with Crippen molar-refractivity contribution >= 4 is 17.1 Å². The summed E-state index contributed by atoms with van der Waals surface area (Å²) in [5.41, 5.74) is 2.14. The summed E-state index contributed by atoms with van der Waals surface area (Å²) in [6.07, 6.45) is 1.99. The van der Waals surface area contributed by atoms with Crippen molar-refractivity contribution in [3.63, 3.8) is 0 Å². The average Bonchev–Trinajstić information content (AvgIpc) is 3.10. The van der Waals surface area contributed by atoms with Crippen LogP contribution in [-0.2, 0) is 13.2 Å². The molecule has 1 fully saturated rings. The molecule has 6 nitrogen and oxygen atoms in total. The predicted octanol–water partition coefficient (Wildman–Crippen LogP) is 4.45. The molecule has 0 spiro atoms. The molecule has 0 saturated carbocycles. The number of aromatic nitrogens is 2. The number of urea groups is 1. The zero-order chi connectivity index (χ0) is 20.9. The van der Waals surface area contributed by atoms with E-state index in [0.717, 1.165) is 55.1 Å². The van der Waals surface area contributed by atoms with Gasteiger partial charge in [0.15, 0.2) is 0 Å². The van der Waals surface area contributed by atoms with Gasteiger partial charge in [0.2, 0.25) is 0 Å². The van der Waals surface area contributed by atoms with Crippen LogP contribution in [0.2, 0.25) is 0 Å². The lowest BCUT2D eigenvalue weighted by Crippen LogP contribution is -2.46. The van der Waals surface area contributed by atoms with Crippen molar-refractivity contribution in [3.05, 3.63) is 60.4 Å². The highest BCUT2D eigenvalue weighted by Gasteiger charge is 2.24. The highest BCUT2D eigenvalue weighted by molar-refractivity contribution is 5.76. The number of likely N-dealkylation sites (tertiary alicyclic amines) is 1. The molecule has 30 heavy (non-hydrogen) atoms. The van der Waals surface area contributed by atoms with Crippen molar-refractivity contribution in [1.82, 2.24) is 19.8 Å². The number of amides is 2. The molecular weight excluding hydrogens is 376 g/mol. The maximum atomic E-state index is 12.3. The fraction of sp³-hybridized carbons (Fsp3) is 0.417. The van der Waals surface area contributed by atoms with Gasteiger partial charge in [0.1, 0.15) is 18.2 Å². The van der Waals surface area contributed by atoms with E-state index in [2.05, 4.69) is 28.1 Å². The largest absolute Gasteiger partial charge is 0.486 e. The van der Waals surface area contributed by atoms with Gasteiger partial charge in [-0.3, -0.25) is 0 Å². The van der Waals surface area contributed by atoms with Crippen molar-refractivity contribution in [3.8, 4) is 5.75 Å². The molecule has 2 amide bonds. The quantitative estimate of drug-likeness (QED) is 0.658. The summed E-state index contributed by atoms with van der Waals surface area (Å²) >= 11 is 0. The number of carbonyl (C=O) groups excluding carboxylic acids is 1. The Balaban J connectivity index is 1.45. The van der Waals surface area contributed by atoms with Gasteiger partial charge < -0.3 is 19.5 Å². The van der Waals surface area contributed by atoms with E-state index in [9.17, 15) is 4.79 Å². The third kappa shape index (κ3) is 4.75. The summed E-state index contributed by atoms with van der Waals surface area (Å²) in [4.78, 5) is 19.0. The second-order valence-electron chi connectivity index (χ2n) is 8.26. The first kappa shape index (κ1) is 20.3. The lowest BCUT2D eigenvalue weighted by Gasteiger charge is -2.33. The summed E-state index contributed by atoms with van der Waals surface area (Å²) < 4.78 is 8.29. The van der Waals surface area contributed by atoms with E-state index in [0.29, 0.717) is 12.5 Å². The number of fused-ring (bicyclic) bond motifs is 1. The molecule has 0 bridgehead atoms. The maximum Gasteiger partial charge on any atom is 0.317 e. The molecule has 158 valence electrons. The first-order chi connectivity index (χ1) is 14.6. The van der Waals surface area contributed by atoms with Crippen LogP contribution in [0.25, 0.3) is 11.0 Å². The van der Waals surface area contributed by atoms with Gasteiger partial charge >= 0.3 is 6.03 Å². The van der Waals surface area contributed by atoms with Crippen molar-refractivity contribution in [2.24, 2.45) is 5.92 Å². The van der Waals surface area contributed by atoms with Crippen LogP contribution in [0.5, 0.6) is 5.75 Å². The molecule has 1 N–H and O–H groups in total. The van der Waals surface area contributed by atoms with Gasteiger partial charge in [0.25, 0.3) is 0 Å². The Hall–Kier alpha value is -3.02. The molecule has 3 aromatic rings. The predicted molar refractivity (Wildman–Crippen MR) is 118 cm³/mol. The van der Waals surface area contributed by atoms with E-state index < -0.39 is 0 Å². The van der Waals surface area contributed by atoms with Gasteiger partial charge in [-0.25, -0.2) is 9.78 Å². The average molecular weight is 407 g/mol. The monoisotopic (exact) mass is 406 g/mol. The Kier molecular flexibility index (Phi) is 6.21. The number of piperidine rings is 1. The highest BCUT2D eigenvalue weighted by Crippen LogP contribution is 2.24. The van der Waals surface area contributed by atoms with Gasteiger partial charge in [0.05, 0.1) is 11.0 Å². The third-order valence-corrected chi connectivity index (χ3v) is 5.60. The zero-order valence-corrected chi connectivity index (χ0v) is 17.8. The Morgan fingerprint density at radius 2 is 1.80 bits per heavy atom. The van der Waals surface area contributed by atoms with E-state index in [1.165, 1.54) is 0 Å². The van der Waals surface area contributed by atoms with Crippen LogP contribution in [0.15, 0.2) is 54.6 Å². The standard InChI is InChI=1S/C24H30N4O2/c1-18(2)25-24(29)27-14-12-19(13-15-27)16-28-22-11-7-6-10-21(22)26-23(28)17-30-20-8-4-3-5-9-20/h3-11,18-19H,12-17H2,1-2H3,(H,25,29). The molecule has 1 aliphatic rings. The SMILES string of the molecule is CC(C)NC(=O)N1CCC(Cn2c(COc3ccccc3)nc3ccccc32)CC1. The molecule has 0 unspecified atom stereocenters. The molecule has 2 aromatic carbocycles. The molecule has 0 atom stereocenters. The topological polar surface area (TPSA) is 59.4 Å². The number of nitrogens with zero attached hydrogens (tertiary/aromatic N) is 3. The Labute approximate surface area is 177 Å². The summed E-state index contributed by atoms with van der Waals surface area (Å²) in [5.74, 6) is 2.31. The van der Waals surface area contributed by atoms with Crippen molar-refractivity contribution < 1.29 is 9.53 Å². The Morgan fingerprint density at radius 1 is 1.10 bits per heavy atom. The van der Waals surface area contributed by atoms with Crippen LogP contribution < -0.4 is 10.1 Å². The highest BCUT2D eigenvalue weighted by atomic mass is 16.5. The molecule has 0 radical (unpaired) electrons. The van der Waals surface area contributed by atoms with Gasteiger partial charge in [-0.15, -0.1) is 0 Å². The molecule has 1 aliphatic heterocycles. The maximum absolute atomic E-state index is 12.3. The fourth-order valence-electron chi connectivity index (χ4n) is 4.02. The lowest BCUT2D eigenvalue weighted by atomic mass is 9.96. The summed E-state index contributed by atoms with van der Waals surface area (Å²) in [7, 11) is 0. The number of ether oxygens (including phenoxy) is 1. The summed E-state index contributed by atoms with van der Waals surface area (Å²) in [6, 6.07) is 18.3. The van der Waals surface area contributed by atoms with Crippen LogP contribution in [-0.4, -0.2) is 39.6 Å². The zero-order valence-electron chi connectivity index (χ0n) is 17.8. The van der Waals surface area contributed by atoms with Gasteiger partial charge in [-0.05, 0) is 56.9 Å². The van der Waals surface area contributed by atoms with Crippen LogP contribution in [0.4, 0.5) is 4.79 Å². The number of hydrogen-bond acceptors (Lipinski definition) is 3. The normalized spacial score (nSPS) is 15.0. The number of carbonyl (C=O) groups is 1. The second-order valence-corrected chi connectivity index (χ2v) is 8.26. The van der Waals surface area contributed by atoms with Gasteiger partial charge in [0, 0.05) is 25.7 Å². The molecule has 1 saturated heterocycles. The lowest BCUT2D eigenvalue weighted by molar-refractivity contribution is 0.163. The first-order valence-electron chi connectivity index (χ1n) is 10.8. The fourth-order valence-corrected chi connectivity index (χ4v) is 4.02. The summed E-state index contributed by atoms with van der Waals surface area (Å²) in [6.45, 7) is 6.92. The molecular formula is C24H30N4O2. The molecule has 0 aliphatic carbocycles. The molecule has 4 rings (SSSR count). The third-order valence-electron chi connectivity index (χ3n) is 5.60. The number of imidazole rings is 1. The van der Waals surface area contributed by atoms with Crippen LogP contribution in [0.3, 0.4) is 0 Å². The van der Waals surface area contributed by atoms with E-state index in [4.69, 9.17) is 9.72 Å². The van der Waals surface area contributed by atoms with Gasteiger partial charge in [-0.1, -0.05) is 30.3 Å². The smallest absolute Gasteiger partial charge is 0.317 e. The Morgan fingerprint density at radius 3 is 2.53 bits per heavy atom. The minimum absolute atomic E-state index is 0.0495. The van der Waals surface area contributed by atoms with Gasteiger partial charge in [-0.2, -0.15) is 0 Å². The number of para-hydroxylation sites is 3. The van der Waals surface area contributed by atoms with Crippen LogP contribution >= 0.6 is 0 Å².